The van der Waals surface area contributed by atoms with E-state index in [-0.39, 0.29) is 17.8 Å². The lowest BCUT2D eigenvalue weighted by atomic mass is 10.1. The summed E-state index contributed by atoms with van der Waals surface area (Å²) in [5, 5.41) is 2.20. The van der Waals surface area contributed by atoms with Crippen molar-refractivity contribution in [3.05, 3.63) is 35.4 Å². The summed E-state index contributed by atoms with van der Waals surface area (Å²) in [4.78, 5) is 32.0. The predicted molar refractivity (Wildman–Crippen MR) is 69.8 cm³/mol. The van der Waals surface area contributed by atoms with E-state index in [0.717, 1.165) is 12.8 Å². The third-order valence-electron chi connectivity index (χ3n) is 2.45. The number of amides is 2. The number of hydrogen-bond acceptors (Lipinski definition) is 4. The normalized spacial score (nSPS) is 12.1. The molecular weight excluding hydrogens is 246 g/mol. The molecule has 0 spiro atoms. The first-order valence-corrected chi connectivity index (χ1v) is 6.14. The van der Waals surface area contributed by atoms with E-state index in [2.05, 4.69) is 17.0 Å². The van der Waals surface area contributed by atoms with Crippen LogP contribution in [0.25, 0.3) is 0 Å². The summed E-state index contributed by atoms with van der Waals surface area (Å²) in [7, 11) is 0. The fraction of sp³-hybridized carbons (Fsp3) is 0.357. The molecule has 1 aromatic rings. The molecule has 0 saturated heterocycles. The van der Waals surface area contributed by atoms with Gasteiger partial charge in [-0.25, -0.2) is 0 Å². The van der Waals surface area contributed by atoms with Crippen LogP contribution in [-0.4, -0.2) is 24.4 Å². The Balaban J connectivity index is 0.000000203. The molecule has 0 fully saturated rings. The molecule has 1 aliphatic rings. The van der Waals surface area contributed by atoms with Crippen LogP contribution in [0, 0.1) is 0 Å². The average molecular weight is 263 g/mol. The Morgan fingerprint density at radius 2 is 1.68 bits per heavy atom. The SMILES string of the molecule is CCCCOC(C)=O.O=C1NC(=O)c2ccccc21. The van der Waals surface area contributed by atoms with Crippen molar-refractivity contribution >= 4 is 17.8 Å². The Kier molecular flexibility index (Phi) is 5.73. The maximum atomic E-state index is 10.9. The van der Waals surface area contributed by atoms with Crippen LogP contribution in [0.15, 0.2) is 24.3 Å². The number of benzene rings is 1. The number of hydrogen-bond donors (Lipinski definition) is 1. The standard InChI is InChI=1S/C8H5NO2.C6H12O2/c10-7-5-3-1-2-4-6(5)8(11)9-7;1-3-4-5-8-6(2)7/h1-4H,(H,9,10,11);3-5H2,1-2H3. The summed E-state index contributed by atoms with van der Waals surface area (Å²) in [6.07, 6.45) is 2.05. The zero-order valence-corrected chi connectivity index (χ0v) is 11.1. The van der Waals surface area contributed by atoms with Crippen LogP contribution < -0.4 is 5.32 Å². The molecule has 0 bridgehead atoms. The molecule has 5 nitrogen and oxygen atoms in total. The van der Waals surface area contributed by atoms with Gasteiger partial charge in [0.15, 0.2) is 0 Å². The fourth-order valence-corrected chi connectivity index (χ4v) is 1.48. The first-order valence-electron chi connectivity index (χ1n) is 6.14. The van der Waals surface area contributed by atoms with Gasteiger partial charge in [0.2, 0.25) is 0 Å². The number of fused-ring (bicyclic) bond motifs is 1. The molecule has 2 rings (SSSR count). The molecule has 0 atom stereocenters. The highest BCUT2D eigenvalue weighted by Gasteiger charge is 2.25. The summed E-state index contributed by atoms with van der Waals surface area (Å²) >= 11 is 0. The molecule has 19 heavy (non-hydrogen) atoms. The summed E-state index contributed by atoms with van der Waals surface area (Å²) in [6.45, 7) is 4.06. The number of carbonyl (C=O) groups excluding carboxylic acids is 3. The van der Waals surface area contributed by atoms with Crippen LogP contribution in [0.4, 0.5) is 0 Å². The zero-order valence-electron chi connectivity index (χ0n) is 11.1. The lowest BCUT2D eigenvalue weighted by Crippen LogP contribution is -2.19. The van der Waals surface area contributed by atoms with E-state index in [0.29, 0.717) is 17.7 Å². The molecule has 0 unspecified atom stereocenters. The fourth-order valence-electron chi connectivity index (χ4n) is 1.48. The number of imide groups is 1. The van der Waals surface area contributed by atoms with E-state index in [1.165, 1.54) is 6.92 Å². The van der Waals surface area contributed by atoms with Gasteiger partial charge in [0.05, 0.1) is 17.7 Å². The number of ether oxygens (including phenoxy) is 1. The lowest BCUT2D eigenvalue weighted by Gasteiger charge is -1.96. The van der Waals surface area contributed by atoms with Gasteiger partial charge in [0.25, 0.3) is 11.8 Å². The Bertz CT molecular complexity index is 449. The number of esters is 1. The lowest BCUT2D eigenvalue weighted by molar-refractivity contribution is -0.141. The molecule has 1 N–H and O–H groups in total. The first-order chi connectivity index (χ1) is 9.06. The van der Waals surface area contributed by atoms with Gasteiger partial charge in [-0.2, -0.15) is 0 Å². The Labute approximate surface area is 111 Å². The van der Waals surface area contributed by atoms with E-state index < -0.39 is 0 Å². The van der Waals surface area contributed by atoms with Crippen LogP contribution in [0.2, 0.25) is 0 Å². The number of unbranched alkanes of at least 4 members (excludes halogenated alkanes) is 1. The Morgan fingerprint density at radius 3 is 2.11 bits per heavy atom. The van der Waals surface area contributed by atoms with Gasteiger partial charge in [0, 0.05) is 6.92 Å². The highest BCUT2D eigenvalue weighted by Crippen LogP contribution is 2.13. The van der Waals surface area contributed by atoms with Crippen LogP contribution in [0.1, 0.15) is 47.4 Å². The maximum Gasteiger partial charge on any atom is 0.302 e. The summed E-state index contributed by atoms with van der Waals surface area (Å²) in [5.41, 5.74) is 0.940. The van der Waals surface area contributed by atoms with Gasteiger partial charge < -0.3 is 4.74 Å². The second kappa shape index (κ2) is 7.31. The van der Waals surface area contributed by atoms with Gasteiger partial charge in [-0.15, -0.1) is 0 Å². The van der Waals surface area contributed by atoms with Crippen molar-refractivity contribution in [3.8, 4) is 0 Å². The number of rotatable bonds is 3. The predicted octanol–water partition coefficient (Wildman–Crippen LogP) is 1.92. The summed E-state index contributed by atoms with van der Waals surface area (Å²) in [6, 6.07) is 6.74. The topological polar surface area (TPSA) is 72.5 Å². The second-order valence-electron chi connectivity index (χ2n) is 4.02. The number of nitrogens with one attached hydrogen (secondary N) is 1. The summed E-state index contributed by atoms with van der Waals surface area (Å²) < 4.78 is 4.64. The molecule has 0 saturated carbocycles. The van der Waals surface area contributed by atoms with E-state index >= 15 is 0 Å². The van der Waals surface area contributed by atoms with Crippen LogP contribution in [-0.2, 0) is 9.53 Å². The largest absolute Gasteiger partial charge is 0.466 e. The van der Waals surface area contributed by atoms with E-state index in [1.807, 2.05) is 0 Å². The molecule has 0 aliphatic carbocycles. The van der Waals surface area contributed by atoms with Crippen molar-refractivity contribution < 1.29 is 19.1 Å². The van der Waals surface area contributed by atoms with Crippen LogP contribution in [0.3, 0.4) is 0 Å². The van der Waals surface area contributed by atoms with Crippen molar-refractivity contribution in [1.82, 2.24) is 5.32 Å². The molecule has 1 aromatic carbocycles. The molecule has 1 aliphatic heterocycles. The van der Waals surface area contributed by atoms with Gasteiger partial charge in [-0.05, 0) is 18.6 Å². The van der Waals surface area contributed by atoms with Gasteiger partial charge in [0.1, 0.15) is 0 Å². The molecule has 5 heteroatoms. The zero-order chi connectivity index (χ0) is 14.3. The number of carbonyl (C=O) groups is 3. The minimum absolute atomic E-state index is 0.182. The molecule has 1 heterocycles. The molecule has 0 radical (unpaired) electrons. The highest BCUT2D eigenvalue weighted by atomic mass is 16.5. The smallest absolute Gasteiger partial charge is 0.302 e. The second-order valence-corrected chi connectivity index (χ2v) is 4.02. The molecular formula is C14H17NO4. The first kappa shape index (κ1) is 14.9. The highest BCUT2D eigenvalue weighted by molar-refractivity contribution is 6.21. The van der Waals surface area contributed by atoms with Crippen molar-refractivity contribution in [2.24, 2.45) is 0 Å². The third-order valence-corrected chi connectivity index (χ3v) is 2.45. The monoisotopic (exact) mass is 263 g/mol. The maximum absolute atomic E-state index is 10.9. The van der Waals surface area contributed by atoms with Crippen molar-refractivity contribution in [3.63, 3.8) is 0 Å². The van der Waals surface area contributed by atoms with Crippen LogP contribution in [0.5, 0.6) is 0 Å². The van der Waals surface area contributed by atoms with E-state index in [4.69, 9.17) is 0 Å². The Morgan fingerprint density at radius 1 is 1.16 bits per heavy atom. The van der Waals surface area contributed by atoms with Gasteiger partial charge in [-0.1, -0.05) is 25.5 Å². The molecule has 0 aromatic heterocycles. The van der Waals surface area contributed by atoms with Crippen molar-refractivity contribution in [2.45, 2.75) is 26.7 Å². The summed E-state index contributed by atoms with van der Waals surface area (Å²) in [5.74, 6) is -0.783. The van der Waals surface area contributed by atoms with Crippen LogP contribution >= 0.6 is 0 Å². The van der Waals surface area contributed by atoms with Crippen molar-refractivity contribution in [1.29, 1.82) is 0 Å². The average Bonchev–Trinajstić information content (AvgIpc) is 2.67. The van der Waals surface area contributed by atoms with Gasteiger partial charge in [-0.3, -0.25) is 19.7 Å². The molecule has 2 amide bonds. The van der Waals surface area contributed by atoms with E-state index in [9.17, 15) is 14.4 Å². The Hall–Kier alpha value is -2.17. The van der Waals surface area contributed by atoms with Crippen molar-refractivity contribution in [2.75, 3.05) is 6.61 Å². The quantitative estimate of drug-likeness (QED) is 0.513. The van der Waals surface area contributed by atoms with E-state index in [1.54, 1.807) is 24.3 Å². The minimum atomic E-state index is -0.300. The third kappa shape index (κ3) is 4.54. The molecule has 102 valence electrons. The van der Waals surface area contributed by atoms with Gasteiger partial charge >= 0.3 is 5.97 Å². The minimum Gasteiger partial charge on any atom is -0.466 e.